The first-order valence-electron chi connectivity index (χ1n) is 23.2. The number of fused-ring (bicyclic) bond motifs is 4. The number of hydrogen-bond acceptors (Lipinski definition) is 14. The molecule has 4 aromatic heterocycles. The van der Waals surface area contributed by atoms with Crippen LogP contribution in [-0.2, 0) is 19.0 Å². The molecule has 0 spiro atoms. The van der Waals surface area contributed by atoms with Gasteiger partial charge in [0.15, 0.2) is 0 Å². The molecule has 6 aromatic rings. The minimum atomic E-state index is 0.114. The van der Waals surface area contributed by atoms with E-state index < -0.39 is 0 Å². The minimum absolute atomic E-state index is 0.114. The van der Waals surface area contributed by atoms with Crippen LogP contribution < -0.4 is 15.1 Å². The normalized spacial score (nSPS) is 21.2. The molecule has 11 rings (SSSR count). The van der Waals surface area contributed by atoms with E-state index in [4.69, 9.17) is 24.2 Å². The van der Waals surface area contributed by atoms with E-state index in [1.165, 1.54) is 39.4 Å². The molecule has 2 bridgehead atoms. The monoisotopic (exact) mass is 901 g/mol. The van der Waals surface area contributed by atoms with E-state index in [0.29, 0.717) is 37.1 Å². The first kappa shape index (κ1) is 43.3. The number of rotatable bonds is 14. The summed E-state index contributed by atoms with van der Waals surface area (Å²) < 4.78 is 17.8. The van der Waals surface area contributed by atoms with Gasteiger partial charge >= 0.3 is 0 Å². The van der Waals surface area contributed by atoms with Gasteiger partial charge in [-0.05, 0) is 55.1 Å². The number of benzene rings is 2. The average Bonchev–Trinajstić information content (AvgIpc) is 4.18. The van der Waals surface area contributed by atoms with Crippen molar-refractivity contribution in [1.29, 1.82) is 0 Å². The van der Waals surface area contributed by atoms with Crippen LogP contribution in [0, 0.1) is 11.8 Å². The Balaban J connectivity index is 0.000000151. The van der Waals surface area contributed by atoms with E-state index in [-0.39, 0.29) is 5.91 Å². The molecule has 1 N–H and O–H groups in total. The Labute approximate surface area is 383 Å². The molecule has 336 valence electrons. The predicted molar refractivity (Wildman–Crippen MR) is 256 cm³/mol. The number of amides is 1. The van der Waals surface area contributed by atoms with Crippen molar-refractivity contribution >= 4 is 60.6 Å². The van der Waals surface area contributed by atoms with Crippen molar-refractivity contribution < 1.29 is 19.0 Å². The molecule has 2 atom stereocenters. The summed E-state index contributed by atoms with van der Waals surface area (Å²) in [7, 11) is 0. The van der Waals surface area contributed by atoms with Crippen LogP contribution in [0.4, 0.5) is 11.6 Å². The van der Waals surface area contributed by atoms with Gasteiger partial charge in [0.05, 0.1) is 43.2 Å². The highest BCUT2D eigenvalue weighted by molar-refractivity contribution is 7.17. The van der Waals surface area contributed by atoms with E-state index >= 15 is 0 Å². The minimum Gasteiger partial charge on any atom is -0.380 e. The van der Waals surface area contributed by atoms with Crippen molar-refractivity contribution in [3.63, 3.8) is 0 Å². The molecule has 15 heteroatoms. The summed E-state index contributed by atoms with van der Waals surface area (Å²) >= 11 is 3.39. The number of carbonyl (C=O) groups is 1. The zero-order valence-electron chi connectivity index (χ0n) is 36.6. The fraction of sp³-hybridized carbons (Fsp3) is 0.490. The summed E-state index contributed by atoms with van der Waals surface area (Å²) in [6.07, 6.45) is 9.60. The van der Waals surface area contributed by atoms with Crippen molar-refractivity contribution in [2.45, 2.75) is 44.2 Å². The molecule has 13 nitrogen and oxygen atoms in total. The highest BCUT2D eigenvalue weighted by atomic mass is 32.1. The van der Waals surface area contributed by atoms with Gasteiger partial charge in [-0.1, -0.05) is 60.7 Å². The van der Waals surface area contributed by atoms with Crippen molar-refractivity contribution in [3.8, 4) is 22.3 Å². The van der Waals surface area contributed by atoms with Gasteiger partial charge in [-0.3, -0.25) is 14.6 Å². The second-order valence-corrected chi connectivity index (χ2v) is 19.5. The number of aromatic nitrogens is 4. The third kappa shape index (κ3) is 10.1. The van der Waals surface area contributed by atoms with Crippen LogP contribution in [0.3, 0.4) is 0 Å². The number of piperidine rings is 2. The Morgan fingerprint density at radius 2 is 1.23 bits per heavy atom. The molecular formula is C49H59N9O4S2. The number of nitrogens with one attached hydrogen (secondary N) is 1. The van der Waals surface area contributed by atoms with E-state index in [2.05, 4.69) is 100 Å². The zero-order valence-corrected chi connectivity index (χ0v) is 38.2. The molecule has 0 aliphatic carbocycles. The number of piperazine rings is 1. The molecular weight excluding hydrogens is 843 g/mol. The lowest BCUT2D eigenvalue weighted by molar-refractivity contribution is -0.124. The maximum Gasteiger partial charge on any atom is 0.234 e. The Morgan fingerprint density at radius 1 is 0.688 bits per heavy atom. The van der Waals surface area contributed by atoms with Gasteiger partial charge in [0, 0.05) is 100 Å². The first-order chi connectivity index (χ1) is 31.6. The summed E-state index contributed by atoms with van der Waals surface area (Å²) in [4.78, 5) is 41.6. The lowest BCUT2D eigenvalue weighted by Crippen LogP contribution is -2.48. The summed E-state index contributed by atoms with van der Waals surface area (Å²) in [6.45, 7) is 13.2. The molecule has 9 heterocycles. The van der Waals surface area contributed by atoms with Crippen molar-refractivity contribution in [2.75, 3.05) is 108 Å². The molecule has 2 unspecified atom stereocenters. The van der Waals surface area contributed by atoms with Crippen LogP contribution in [0.25, 0.3) is 42.7 Å². The number of anilines is 2. The van der Waals surface area contributed by atoms with Crippen molar-refractivity contribution in [2.24, 2.45) is 11.8 Å². The van der Waals surface area contributed by atoms with E-state index in [1.807, 2.05) is 6.07 Å². The highest BCUT2D eigenvalue weighted by Crippen LogP contribution is 2.40. The van der Waals surface area contributed by atoms with Crippen molar-refractivity contribution in [3.05, 3.63) is 84.1 Å². The quantitative estimate of drug-likeness (QED) is 0.113. The maximum absolute atomic E-state index is 11.5. The summed E-state index contributed by atoms with van der Waals surface area (Å²) in [5.74, 6) is 3.46. The predicted octanol–water partition coefficient (Wildman–Crippen LogP) is 7.09. The summed E-state index contributed by atoms with van der Waals surface area (Å²) in [6, 6.07) is 21.7. The molecule has 5 aliphatic heterocycles. The number of nitrogens with zero attached hydrogens (tertiary/aromatic N) is 8. The first-order valence-corrected chi connectivity index (χ1v) is 24.9. The fourth-order valence-electron chi connectivity index (χ4n) is 9.99. The Bertz CT molecular complexity index is 2440. The van der Waals surface area contributed by atoms with Gasteiger partial charge in [0.25, 0.3) is 0 Å². The smallest absolute Gasteiger partial charge is 0.234 e. The van der Waals surface area contributed by atoms with Crippen LogP contribution in [0.5, 0.6) is 0 Å². The third-order valence-electron chi connectivity index (χ3n) is 13.6. The van der Waals surface area contributed by atoms with Crippen LogP contribution >= 0.6 is 22.7 Å². The second kappa shape index (κ2) is 20.7. The Morgan fingerprint density at radius 3 is 1.73 bits per heavy atom. The van der Waals surface area contributed by atoms with Gasteiger partial charge in [-0.25, -0.2) is 19.9 Å². The van der Waals surface area contributed by atoms with Gasteiger partial charge < -0.3 is 29.3 Å². The van der Waals surface area contributed by atoms with Gasteiger partial charge in [0.1, 0.15) is 34.0 Å². The molecule has 5 saturated heterocycles. The highest BCUT2D eigenvalue weighted by Gasteiger charge is 2.38. The number of morpholine rings is 1. The SMILES string of the molecule is O=C1CN(CCOCC2CCN(c3ncnc4scc(-c5ccccc5)c34)CC2)CCN1.c1ccc(-c2csc3ncnc(N4CCC(COCCN5CC6CC5CO6)CC4)c23)cc1. The number of ether oxygens (including phenoxy) is 3. The molecule has 0 saturated carbocycles. The Hall–Kier alpha value is -4.61. The van der Waals surface area contributed by atoms with Gasteiger partial charge in [-0.15, -0.1) is 22.7 Å². The van der Waals surface area contributed by atoms with Crippen LogP contribution in [-0.4, -0.2) is 146 Å². The Kier molecular flexibility index (Phi) is 14.0. The standard InChI is InChI=1S/C25H30N4O2S.C24H29N5O2S/c1-2-4-19(5-3-1)22-16-32-25-23(22)24(26-17-27-25)28-8-6-18(7-9-28)14-30-11-10-29-13-21-12-20(29)15-31-21;30-21-14-28(11-8-25-21)12-13-31-15-18-6-9-29(10-7-18)23-22-20(19-4-2-1-3-5-19)16-32-24(22)27-17-26-23/h1-5,16-18,20-21H,6-15H2;1-5,16-18H,6-15H2,(H,25,30). The fourth-order valence-corrected chi connectivity index (χ4v) is 11.8. The molecule has 5 fully saturated rings. The number of thiophene rings is 2. The van der Waals surface area contributed by atoms with E-state index in [9.17, 15) is 4.79 Å². The number of likely N-dealkylation sites (tertiary alicyclic amines) is 1. The van der Waals surface area contributed by atoms with Gasteiger partial charge in [-0.2, -0.15) is 0 Å². The topological polar surface area (TPSA) is 121 Å². The van der Waals surface area contributed by atoms with Crippen LogP contribution in [0.2, 0.25) is 0 Å². The molecule has 2 aromatic carbocycles. The summed E-state index contributed by atoms with van der Waals surface area (Å²) in [5, 5.41) is 9.64. The summed E-state index contributed by atoms with van der Waals surface area (Å²) in [5.41, 5.74) is 4.91. The van der Waals surface area contributed by atoms with Gasteiger partial charge in [0.2, 0.25) is 5.91 Å². The zero-order chi connectivity index (χ0) is 43.1. The average molecular weight is 902 g/mol. The van der Waals surface area contributed by atoms with E-state index in [0.717, 1.165) is 132 Å². The number of carbonyl (C=O) groups excluding carboxylic acids is 1. The third-order valence-corrected chi connectivity index (χ3v) is 15.4. The van der Waals surface area contributed by atoms with Crippen LogP contribution in [0.1, 0.15) is 32.1 Å². The van der Waals surface area contributed by atoms with Crippen molar-refractivity contribution in [1.82, 2.24) is 35.1 Å². The number of hydrogen-bond donors (Lipinski definition) is 1. The maximum atomic E-state index is 11.5. The molecule has 1 amide bonds. The molecule has 64 heavy (non-hydrogen) atoms. The second-order valence-electron chi connectivity index (χ2n) is 17.8. The lowest BCUT2D eigenvalue weighted by Gasteiger charge is -2.33. The van der Waals surface area contributed by atoms with Crippen LogP contribution in [0.15, 0.2) is 84.1 Å². The molecule has 5 aliphatic rings. The molecule has 0 radical (unpaired) electrons. The lowest BCUT2D eigenvalue weighted by atomic mass is 9.97. The largest absolute Gasteiger partial charge is 0.380 e. The van der Waals surface area contributed by atoms with E-state index in [1.54, 1.807) is 35.3 Å².